The summed E-state index contributed by atoms with van der Waals surface area (Å²) in [6.45, 7) is 6.41. The lowest BCUT2D eigenvalue weighted by Crippen LogP contribution is -2.17. The van der Waals surface area contributed by atoms with E-state index in [0.29, 0.717) is 5.75 Å². The monoisotopic (exact) mass is 222 g/mol. The maximum Gasteiger partial charge on any atom is 0.173 e. The van der Waals surface area contributed by atoms with Crippen molar-refractivity contribution in [3.05, 3.63) is 35.4 Å². The molecule has 1 nitrogen and oxygen atoms in total. The molecule has 0 atom stereocenters. The Labute approximate surface area is 96.3 Å². The van der Waals surface area contributed by atoms with Gasteiger partial charge >= 0.3 is 0 Å². The van der Waals surface area contributed by atoms with Gasteiger partial charge in [0.15, 0.2) is 5.78 Å². The van der Waals surface area contributed by atoms with Crippen molar-refractivity contribution in [2.24, 2.45) is 0 Å². The number of carbonyl (C=O) groups is 1. The minimum Gasteiger partial charge on any atom is -0.293 e. The van der Waals surface area contributed by atoms with E-state index in [1.165, 1.54) is 0 Å². The fraction of sp³-hybridized carbons (Fsp3) is 0.462. The first-order valence-electron chi connectivity index (χ1n) is 5.08. The highest BCUT2D eigenvalue weighted by Crippen LogP contribution is 2.26. The molecule has 82 valence electrons. The Bertz CT molecular complexity index is 350. The molecular weight excluding hydrogens is 204 g/mol. The van der Waals surface area contributed by atoms with E-state index >= 15 is 0 Å². The second-order valence-corrected chi connectivity index (χ2v) is 5.52. The van der Waals surface area contributed by atoms with Crippen LogP contribution in [-0.2, 0) is 5.41 Å². The summed E-state index contributed by atoms with van der Waals surface area (Å²) in [5.74, 6) is 0.792. The molecule has 1 aromatic rings. The Kier molecular flexibility index (Phi) is 3.97. The minimum absolute atomic E-state index is 0.0324. The van der Waals surface area contributed by atoms with Gasteiger partial charge in [0.05, 0.1) is 5.75 Å². The third-order valence-electron chi connectivity index (χ3n) is 2.31. The Morgan fingerprint density at radius 1 is 1.27 bits per heavy atom. The lowest BCUT2D eigenvalue weighted by atomic mass is 9.83. The zero-order valence-corrected chi connectivity index (χ0v) is 10.6. The van der Waals surface area contributed by atoms with Crippen molar-refractivity contribution >= 4 is 17.5 Å². The van der Waals surface area contributed by atoms with Gasteiger partial charge in [0.25, 0.3) is 0 Å². The summed E-state index contributed by atoms with van der Waals surface area (Å²) >= 11 is 1.57. The van der Waals surface area contributed by atoms with E-state index in [1.54, 1.807) is 11.8 Å². The molecule has 1 aromatic carbocycles. The van der Waals surface area contributed by atoms with Crippen LogP contribution < -0.4 is 0 Å². The van der Waals surface area contributed by atoms with Crippen LogP contribution in [0.25, 0.3) is 0 Å². The Morgan fingerprint density at radius 3 is 2.40 bits per heavy atom. The van der Waals surface area contributed by atoms with Crippen molar-refractivity contribution in [1.29, 1.82) is 0 Å². The maximum atomic E-state index is 11.9. The summed E-state index contributed by atoms with van der Waals surface area (Å²) in [6.07, 6.45) is 1.96. The number of Topliss-reactive ketones (excluding diaryl/α,β-unsaturated/α-hetero) is 1. The van der Waals surface area contributed by atoms with Gasteiger partial charge in [-0.25, -0.2) is 0 Å². The standard InChI is InChI=1S/C13H18OS/c1-13(2,3)11-8-6-5-7-10(11)12(14)9-15-4/h5-8H,9H2,1-4H3. The maximum absolute atomic E-state index is 11.9. The van der Waals surface area contributed by atoms with Crippen molar-refractivity contribution in [2.45, 2.75) is 26.2 Å². The Morgan fingerprint density at radius 2 is 1.87 bits per heavy atom. The molecule has 0 saturated heterocycles. The predicted molar refractivity (Wildman–Crippen MR) is 67.9 cm³/mol. The van der Waals surface area contributed by atoms with Crippen LogP contribution in [0.3, 0.4) is 0 Å². The van der Waals surface area contributed by atoms with Crippen LogP contribution in [-0.4, -0.2) is 17.8 Å². The summed E-state index contributed by atoms with van der Waals surface area (Å²) in [4.78, 5) is 11.9. The molecule has 0 heterocycles. The molecule has 0 fully saturated rings. The fourth-order valence-electron chi connectivity index (χ4n) is 1.59. The van der Waals surface area contributed by atoms with Crippen LogP contribution in [0.1, 0.15) is 36.7 Å². The number of carbonyl (C=O) groups excluding carboxylic acids is 1. The zero-order valence-electron chi connectivity index (χ0n) is 9.83. The van der Waals surface area contributed by atoms with Gasteiger partial charge < -0.3 is 0 Å². The summed E-state index contributed by atoms with van der Waals surface area (Å²) < 4.78 is 0. The highest BCUT2D eigenvalue weighted by molar-refractivity contribution is 7.99. The molecule has 0 aliphatic heterocycles. The van der Waals surface area contributed by atoms with Crippen molar-refractivity contribution in [2.75, 3.05) is 12.0 Å². The normalized spacial score (nSPS) is 11.5. The molecule has 0 N–H and O–H groups in total. The number of ketones is 1. The van der Waals surface area contributed by atoms with Crippen molar-refractivity contribution < 1.29 is 4.79 Å². The average molecular weight is 222 g/mol. The van der Waals surface area contributed by atoms with Crippen LogP contribution in [0.2, 0.25) is 0 Å². The van der Waals surface area contributed by atoms with E-state index in [2.05, 4.69) is 20.8 Å². The molecule has 0 aliphatic carbocycles. The van der Waals surface area contributed by atoms with Crippen molar-refractivity contribution in [3.8, 4) is 0 Å². The molecule has 0 amide bonds. The van der Waals surface area contributed by atoms with Gasteiger partial charge in [0.2, 0.25) is 0 Å². The van der Waals surface area contributed by atoms with E-state index in [-0.39, 0.29) is 11.2 Å². The molecule has 0 spiro atoms. The third-order valence-corrected chi connectivity index (χ3v) is 2.86. The van der Waals surface area contributed by atoms with Crippen molar-refractivity contribution in [1.82, 2.24) is 0 Å². The van der Waals surface area contributed by atoms with Crippen LogP contribution >= 0.6 is 11.8 Å². The van der Waals surface area contributed by atoms with Gasteiger partial charge in [-0.1, -0.05) is 45.0 Å². The molecule has 1 rings (SSSR count). The van der Waals surface area contributed by atoms with E-state index < -0.39 is 0 Å². The first-order chi connectivity index (χ1) is 6.96. The first kappa shape index (κ1) is 12.3. The zero-order chi connectivity index (χ0) is 11.5. The number of hydrogen-bond donors (Lipinski definition) is 0. The Hall–Kier alpha value is -0.760. The highest BCUT2D eigenvalue weighted by atomic mass is 32.2. The highest BCUT2D eigenvalue weighted by Gasteiger charge is 2.20. The van der Waals surface area contributed by atoms with E-state index in [9.17, 15) is 4.79 Å². The topological polar surface area (TPSA) is 17.1 Å². The number of hydrogen-bond acceptors (Lipinski definition) is 2. The van der Waals surface area contributed by atoms with Crippen LogP contribution in [0.15, 0.2) is 24.3 Å². The summed E-state index contributed by atoms with van der Waals surface area (Å²) in [6, 6.07) is 7.91. The van der Waals surface area contributed by atoms with Gasteiger partial charge in [-0.05, 0) is 17.2 Å². The molecular formula is C13H18OS. The smallest absolute Gasteiger partial charge is 0.173 e. The van der Waals surface area contributed by atoms with Crippen molar-refractivity contribution in [3.63, 3.8) is 0 Å². The molecule has 0 unspecified atom stereocenters. The quantitative estimate of drug-likeness (QED) is 0.728. The molecule has 0 aliphatic rings. The van der Waals surface area contributed by atoms with Gasteiger partial charge in [0, 0.05) is 5.56 Å². The second kappa shape index (κ2) is 4.84. The number of benzene rings is 1. The molecule has 0 radical (unpaired) electrons. The summed E-state index contributed by atoms with van der Waals surface area (Å²) in [5.41, 5.74) is 2.05. The van der Waals surface area contributed by atoms with E-state index in [0.717, 1.165) is 11.1 Å². The lowest BCUT2D eigenvalue weighted by molar-refractivity contribution is 0.102. The van der Waals surface area contributed by atoms with Crippen LogP contribution in [0.4, 0.5) is 0 Å². The molecule has 0 bridgehead atoms. The van der Waals surface area contributed by atoms with E-state index in [1.807, 2.05) is 30.5 Å². The minimum atomic E-state index is 0.0324. The molecule has 0 saturated carbocycles. The molecule has 15 heavy (non-hydrogen) atoms. The average Bonchev–Trinajstić information content (AvgIpc) is 2.17. The molecule has 0 aromatic heterocycles. The first-order valence-corrected chi connectivity index (χ1v) is 6.48. The Balaban J connectivity index is 3.12. The van der Waals surface area contributed by atoms with Crippen LogP contribution in [0.5, 0.6) is 0 Å². The largest absolute Gasteiger partial charge is 0.293 e. The van der Waals surface area contributed by atoms with Gasteiger partial charge in [-0.2, -0.15) is 11.8 Å². The summed E-state index contributed by atoms with van der Waals surface area (Å²) in [7, 11) is 0. The van der Waals surface area contributed by atoms with Crippen LogP contribution in [0, 0.1) is 0 Å². The van der Waals surface area contributed by atoms with Gasteiger partial charge in [-0.3, -0.25) is 4.79 Å². The third kappa shape index (κ3) is 3.10. The fourth-order valence-corrected chi connectivity index (χ4v) is 2.01. The predicted octanol–water partition coefficient (Wildman–Crippen LogP) is 3.53. The van der Waals surface area contributed by atoms with Gasteiger partial charge in [0.1, 0.15) is 0 Å². The van der Waals surface area contributed by atoms with E-state index in [4.69, 9.17) is 0 Å². The SMILES string of the molecule is CSCC(=O)c1ccccc1C(C)(C)C. The number of rotatable bonds is 3. The second-order valence-electron chi connectivity index (χ2n) is 4.65. The van der Waals surface area contributed by atoms with Gasteiger partial charge in [-0.15, -0.1) is 0 Å². The number of thioether (sulfide) groups is 1. The molecule has 2 heteroatoms. The lowest BCUT2D eigenvalue weighted by Gasteiger charge is -2.22. The summed E-state index contributed by atoms with van der Waals surface area (Å²) in [5, 5.41) is 0.